The number of hydrogen-bond donors (Lipinski definition) is 2. The molecule has 1 fully saturated rings. The summed E-state index contributed by atoms with van der Waals surface area (Å²) in [6.45, 7) is 3.86. The largest absolute Gasteiger partial charge is 0.508 e. The van der Waals surface area contributed by atoms with Crippen molar-refractivity contribution in [1.29, 1.82) is 0 Å². The molecule has 3 aromatic rings. The van der Waals surface area contributed by atoms with Crippen LogP contribution in [0.25, 0.3) is 22.3 Å². The third-order valence-electron chi connectivity index (χ3n) is 5.53. The van der Waals surface area contributed by atoms with Gasteiger partial charge in [-0.3, -0.25) is 4.90 Å². The maximum absolute atomic E-state index is 14.0. The Morgan fingerprint density at radius 3 is 2.45 bits per heavy atom. The number of hydrogen-bond acceptors (Lipinski definition) is 6. The van der Waals surface area contributed by atoms with Crippen LogP contribution in [0.2, 0.25) is 0 Å². The normalized spacial score (nSPS) is 14.8. The quantitative estimate of drug-likeness (QED) is 0.556. The predicted octanol–water partition coefficient (Wildman–Crippen LogP) is 4.95. The van der Waals surface area contributed by atoms with Crippen molar-refractivity contribution in [3.05, 3.63) is 47.0 Å². The van der Waals surface area contributed by atoms with Crippen molar-refractivity contribution in [2.24, 2.45) is 0 Å². The Morgan fingerprint density at radius 1 is 1.13 bits per heavy atom. The monoisotopic (exact) mass is 431 g/mol. The van der Waals surface area contributed by atoms with Gasteiger partial charge in [0.05, 0.1) is 6.61 Å². The molecule has 2 aromatic carbocycles. The summed E-state index contributed by atoms with van der Waals surface area (Å²) in [6, 6.07) is 4.76. The van der Waals surface area contributed by atoms with E-state index in [9.17, 15) is 23.8 Å². The van der Waals surface area contributed by atoms with Gasteiger partial charge in [-0.05, 0) is 57.1 Å². The summed E-state index contributed by atoms with van der Waals surface area (Å²) in [5, 5.41) is 20.4. The number of phenols is 2. The van der Waals surface area contributed by atoms with Crippen molar-refractivity contribution >= 4 is 16.9 Å². The maximum Gasteiger partial charge on any atom is 0.342 e. The first kappa shape index (κ1) is 21.1. The van der Waals surface area contributed by atoms with E-state index in [0.717, 1.165) is 44.5 Å². The minimum Gasteiger partial charge on any atom is -0.508 e. The fourth-order valence-corrected chi connectivity index (χ4v) is 4.05. The van der Waals surface area contributed by atoms with Crippen LogP contribution >= 0.6 is 0 Å². The number of nitrogens with zero attached hydrogens (tertiary/aromatic N) is 1. The highest BCUT2D eigenvalue weighted by atomic mass is 19.1. The summed E-state index contributed by atoms with van der Waals surface area (Å²) in [5.41, 5.74) is 0.716. The lowest BCUT2D eigenvalue weighted by molar-refractivity contribution is 0.0528. The minimum atomic E-state index is -1.18. The maximum atomic E-state index is 14.0. The van der Waals surface area contributed by atoms with Gasteiger partial charge in [0.25, 0.3) is 0 Å². The molecule has 1 saturated heterocycles. The van der Waals surface area contributed by atoms with Gasteiger partial charge in [0, 0.05) is 23.1 Å². The first-order valence-corrected chi connectivity index (χ1v) is 10.3. The molecule has 4 rings (SSSR count). The minimum absolute atomic E-state index is 0.000890. The van der Waals surface area contributed by atoms with E-state index >= 15 is 0 Å². The molecular formula is C23H23F2NO5. The molecule has 0 radical (unpaired) electrons. The Balaban J connectivity index is 1.94. The highest BCUT2D eigenvalue weighted by Crippen LogP contribution is 2.41. The third kappa shape index (κ3) is 3.95. The summed E-state index contributed by atoms with van der Waals surface area (Å²) < 4.78 is 39.1. The van der Waals surface area contributed by atoms with Crippen LogP contribution in [0.3, 0.4) is 0 Å². The first-order chi connectivity index (χ1) is 14.9. The summed E-state index contributed by atoms with van der Waals surface area (Å²) in [7, 11) is 0. The number of aromatic hydroxyl groups is 2. The highest BCUT2D eigenvalue weighted by molar-refractivity contribution is 6.10. The second-order valence-corrected chi connectivity index (χ2v) is 7.59. The summed E-state index contributed by atoms with van der Waals surface area (Å²) in [5.74, 6) is -4.28. The summed E-state index contributed by atoms with van der Waals surface area (Å²) in [4.78, 5) is 15.1. The van der Waals surface area contributed by atoms with Gasteiger partial charge in [-0.25, -0.2) is 13.6 Å². The van der Waals surface area contributed by atoms with Crippen molar-refractivity contribution in [2.45, 2.75) is 32.7 Å². The van der Waals surface area contributed by atoms with E-state index in [1.165, 1.54) is 12.1 Å². The SMILES string of the molecule is CCOC(=O)c1c(-c2cc(F)c(O)c(F)c2)oc2ccc(O)c(CN3CCCCC3)c12. The van der Waals surface area contributed by atoms with Crippen molar-refractivity contribution in [2.75, 3.05) is 19.7 Å². The fraction of sp³-hybridized carbons (Fsp3) is 0.348. The molecule has 31 heavy (non-hydrogen) atoms. The van der Waals surface area contributed by atoms with Crippen LogP contribution in [-0.4, -0.2) is 40.8 Å². The van der Waals surface area contributed by atoms with Gasteiger partial charge >= 0.3 is 5.97 Å². The number of phenolic OH excluding ortho intramolecular Hbond substituents is 2. The van der Waals surface area contributed by atoms with E-state index in [-0.39, 0.29) is 34.8 Å². The molecule has 1 aliphatic rings. The number of halogens is 2. The Hall–Kier alpha value is -3.13. The molecule has 0 saturated carbocycles. The standard InChI is InChI=1S/C23H23F2NO5/c1-2-30-23(29)20-19-14(12-26-8-4-3-5-9-26)17(27)6-7-18(19)31-22(20)13-10-15(24)21(28)16(25)11-13/h6-7,10-11,27-28H,2-5,8-9,12H2,1H3. The van der Waals surface area contributed by atoms with Crippen molar-refractivity contribution in [1.82, 2.24) is 4.90 Å². The van der Waals surface area contributed by atoms with Gasteiger partial charge in [0.15, 0.2) is 17.4 Å². The third-order valence-corrected chi connectivity index (χ3v) is 5.53. The Morgan fingerprint density at radius 2 is 1.81 bits per heavy atom. The van der Waals surface area contributed by atoms with Gasteiger partial charge < -0.3 is 19.4 Å². The van der Waals surface area contributed by atoms with E-state index in [0.29, 0.717) is 17.5 Å². The first-order valence-electron chi connectivity index (χ1n) is 10.3. The molecule has 0 unspecified atom stereocenters. The van der Waals surface area contributed by atoms with Gasteiger partial charge in [-0.15, -0.1) is 0 Å². The average molecular weight is 431 g/mol. The second-order valence-electron chi connectivity index (χ2n) is 7.59. The smallest absolute Gasteiger partial charge is 0.342 e. The zero-order valence-corrected chi connectivity index (χ0v) is 17.1. The van der Waals surface area contributed by atoms with Gasteiger partial charge in [0.1, 0.15) is 22.7 Å². The number of benzene rings is 2. The lowest BCUT2D eigenvalue weighted by atomic mass is 9.99. The number of likely N-dealkylation sites (tertiary alicyclic amines) is 1. The molecule has 1 aliphatic heterocycles. The number of piperidine rings is 1. The van der Waals surface area contributed by atoms with Crippen molar-refractivity contribution in [3.63, 3.8) is 0 Å². The number of rotatable bonds is 5. The number of esters is 1. The zero-order chi connectivity index (χ0) is 22.1. The topological polar surface area (TPSA) is 83.1 Å². The molecule has 2 N–H and O–H groups in total. The van der Waals surface area contributed by atoms with Crippen LogP contribution in [0.15, 0.2) is 28.7 Å². The second kappa shape index (κ2) is 8.55. The van der Waals surface area contributed by atoms with E-state index < -0.39 is 23.4 Å². The lowest BCUT2D eigenvalue weighted by Gasteiger charge is -2.27. The molecule has 0 atom stereocenters. The van der Waals surface area contributed by atoms with Crippen LogP contribution in [0.1, 0.15) is 42.1 Å². The molecule has 0 aliphatic carbocycles. The van der Waals surface area contributed by atoms with E-state index in [1.54, 1.807) is 6.92 Å². The Bertz CT molecular complexity index is 1110. The Kier molecular flexibility index (Phi) is 5.82. The number of fused-ring (bicyclic) bond motifs is 1. The molecule has 8 heteroatoms. The molecule has 0 amide bonds. The van der Waals surface area contributed by atoms with Crippen LogP contribution in [0.4, 0.5) is 8.78 Å². The number of ether oxygens (including phenoxy) is 1. The Labute approximate surface area is 177 Å². The van der Waals surface area contributed by atoms with Crippen molar-refractivity contribution in [3.8, 4) is 22.8 Å². The zero-order valence-electron chi connectivity index (χ0n) is 17.1. The van der Waals surface area contributed by atoms with Crippen molar-refractivity contribution < 1.29 is 32.9 Å². The molecule has 6 nitrogen and oxygen atoms in total. The van der Waals surface area contributed by atoms with E-state index in [1.807, 2.05) is 0 Å². The summed E-state index contributed by atoms with van der Waals surface area (Å²) in [6.07, 6.45) is 3.24. The van der Waals surface area contributed by atoms with Gasteiger partial charge in [0.2, 0.25) is 0 Å². The summed E-state index contributed by atoms with van der Waals surface area (Å²) >= 11 is 0. The number of carbonyl (C=O) groups is 1. The average Bonchev–Trinajstić information content (AvgIpc) is 3.14. The van der Waals surface area contributed by atoms with Gasteiger partial charge in [-0.1, -0.05) is 6.42 Å². The molecule has 1 aromatic heterocycles. The van der Waals surface area contributed by atoms with Crippen LogP contribution in [-0.2, 0) is 11.3 Å². The van der Waals surface area contributed by atoms with Crippen LogP contribution < -0.4 is 0 Å². The number of carbonyl (C=O) groups excluding carboxylic acids is 1. The molecule has 0 spiro atoms. The predicted molar refractivity (Wildman–Crippen MR) is 110 cm³/mol. The fourth-order valence-electron chi connectivity index (χ4n) is 4.05. The lowest BCUT2D eigenvalue weighted by Crippen LogP contribution is -2.29. The van der Waals surface area contributed by atoms with Crippen LogP contribution in [0, 0.1) is 11.6 Å². The van der Waals surface area contributed by atoms with E-state index in [4.69, 9.17) is 9.15 Å². The molecule has 0 bridgehead atoms. The molecular weight excluding hydrogens is 408 g/mol. The highest BCUT2D eigenvalue weighted by Gasteiger charge is 2.28. The number of furan rings is 1. The van der Waals surface area contributed by atoms with Gasteiger partial charge in [-0.2, -0.15) is 0 Å². The van der Waals surface area contributed by atoms with E-state index in [2.05, 4.69) is 4.90 Å². The van der Waals surface area contributed by atoms with Crippen LogP contribution in [0.5, 0.6) is 11.5 Å². The molecule has 2 heterocycles. The molecule has 164 valence electrons.